The lowest BCUT2D eigenvalue weighted by Gasteiger charge is -2.11. The van der Waals surface area contributed by atoms with E-state index in [1.54, 1.807) is 0 Å². The second kappa shape index (κ2) is 12.9. The number of para-hydroxylation sites is 2. The van der Waals surface area contributed by atoms with Gasteiger partial charge in [-0.25, -0.2) is 24.9 Å². The lowest BCUT2D eigenvalue weighted by atomic mass is 9.99. The van der Waals surface area contributed by atoms with Gasteiger partial charge in [0.1, 0.15) is 21.6 Å². The van der Waals surface area contributed by atoms with Crippen molar-refractivity contribution in [2.45, 2.75) is 0 Å². The summed E-state index contributed by atoms with van der Waals surface area (Å²) >= 11 is 1.54. The van der Waals surface area contributed by atoms with Crippen LogP contribution in [0, 0.1) is 0 Å². The maximum atomic E-state index is 5.02. The van der Waals surface area contributed by atoms with Crippen LogP contribution in [0.15, 0.2) is 158 Å². The number of thiophene rings is 1. The molecule has 0 radical (unpaired) electrons. The summed E-state index contributed by atoms with van der Waals surface area (Å²) in [5.74, 6) is 1.82. The number of hydrogen-bond donors (Lipinski definition) is 0. The van der Waals surface area contributed by atoms with E-state index in [0.29, 0.717) is 23.0 Å². The van der Waals surface area contributed by atoms with Crippen molar-refractivity contribution < 1.29 is 0 Å². The third-order valence-corrected chi connectivity index (χ3v) is 10.3. The van der Waals surface area contributed by atoms with Crippen molar-refractivity contribution in [3.8, 4) is 67.7 Å². The minimum absolute atomic E-state index is 0.596. The maximum Gasteiger partial charge on any atom is 0.164 e. The van der Waals surface area contributed by atoms with E-state index in [1.165, 1.54) is 11.3 Å². The molecule has 0 N–H and O–H groups in total. The molecule has 9 heteroatoms. The van der Waals surface area contributed by atoms with Crippen molar-refractivity contribution in [1.29, 1.82) is 0 Å². The zero-order valence-electron chi connectivity index (χ0n) is 28.0. The Kier molecular flexibility index (Phi) is 7.47. The summed E-state index contributed by atoms with van der Waals surface area (Å²) in [6.45, 7) is 0. The molecular formula is C44H26N8S. The zero-order chi connectivity index (χ0) is 35.1. The van der Waals surface area contributed by atoms with Crippen LogP contribution in [0.4, 0.5) is 0 Å². The van der Waals surface area contributed by atoms with Crippen LogP contribution in [0.25, 0.3) is 99.3 Å². The number of fused-ring (bicyclic) bond motifs is 4. The van der Waals surface area contributed by atoms with Gasteiger partial charge in [0.2, 0.25) is 0 Å². The summed E-state index contributed by atoms with van der Waals surface area (Å²) in [5, 5.41) is 13.1. The highest BCUT2D eigenvalue weighted by Gasteiger charge is 2.18. The number of benzene rings is 6. The van der Waals surface area contributed by atoms with Gasteiger partial charge in [-0.15, -0.1) is 21.5 Å². The van der Waals surface area contributed by atoms with E-state index in [-0.39, 0.29) is 0 Å². The largest absolute Gasteiger partial charge is 0.241 e. The highest BCUT2D eigenvalue weighted by atomic mass is 32.1. The van der Waals surface area contributed by atoms with E-state index in [2.05, 4.69) is 76.1 Å². The lowest BCUT2D eigenvalue weighted by molar-refractivity contribution is 0.904. The molecule has 6 aromatic carbocycles. The van der Waals surface area contributed by atoms with Gasteiger partial charge in [0.05, 0.1) is 15.7 Å². The van der Waals surface area contributed by atoms with Crippen LogP contribution in [0.2, 0.25) is 0 Å². The topological polar surface area (TPSA) is 103 Å². The molecule has 0 amide bonds. The molecule has 0 aliphatic rings. The summed E-state index contributed by atoms with van der Waals surface area (Å²) in [5.41, 5.74) is 11.8. The van der Waals surface area contributed by atoms with Crippen molar-refractivity contribution in [3.63, 3.8) is 0 Å². The first-order chi connectivity index (χ1) is 26.2. The monoisotopic (exact) mass is 698 g/mol. The Hall–Kier alpha value is -7.10. The van der Waals surface area contributed by atoms with E-state index < -0.39 is 0 Å². The molecule has 53 heavy (non-hydrogen) atoms. The van der Waals surface area contributed by atoms with Crippen molar-refractivity contribution in [2.75, 3.05) is 0 Å². The Balaban J connectivity index is 1.04. The molecule has 0 fully saturated rings. The fraction of sp³-hybridized carbons (Fsp3) is 0. The first-order valence-corrected chi connectivity index (χ1v) is 17.9. The maximum absolute atomic E-state index is 5.02. The Morgan fingerprint density at radius 1 is 0.340 bits per heavy atom. The first-order valence-electron chi connectivity index (χ1n) is 17.1. The highest BCUT2D eigenvalue weighted by Crippen LogP contribution is 2.38. The number of rotatable bonds is 6. The number of hydrogen-bond acceptors (Lipinski definition) is 9. The molecule has 0 atom stereocenters. The van der Waals surface area contributed by atoms with Crippen molar-refractivity contribution in [3.05, 3.63) is 158 Å². The molecule has 10 aromatic rings. The molecule has 248 valence electrons. The molecule has 4 aromatic heterocycles. The second-order valence-electron chi connectivity index (χ2n) is 12.6. The van der Waals surface area contributed by atoms with Crippen LogP contribution in [0.5, 0.6) is 0 Å². The van der Waals surface area contributed by atoms with Gasteiger partial charge in [-0.05, 0) is 51.7 Å². The van der Waals surface area contributed by atoms with E-state index in [1.807, 2.05) is 97.1 Å². The van der Waals surface area contributed by atoms with Crippen LogP contribution in [-0.4, -0.2) is 40.3 Å². The van der Waals surface area contributed by atoms with Crippen LogP contribution in [-0.2, 0) is 0 Å². The smallest absolute Gasteiger partial charge is 0.164 e. The van der Waals surface area contributed by atoms with Crippen molar-refractivity contribution >= 4 is 42.9 Å². The van der Waals surface area contributed by atoms with Crippen LogP contribution >= 0.6 is 11.3 Å². The predicted octanol–water partition coefficient (Wildman–Crippen LogP) is 10.4. The third kappa shape index (κ3) is 5.75. The lowest BCUT2D eigenvalue weighted by Crippen LogP contribution is -2.00. The molecule has 4 heterocycles. The van der Waals surface area contributed by atoms with Gasteiger partial charge in [0.15, 0.2) is 17.5 Å². The molecule has 10 rings (SSSR count). The minimum atomic E-state index is 0.596. The normalized spacial score (nSPS) is 11.4. The van der Waals surface area contributed by atoms with Gasteiger partial charge in [0, 0.05) is 22.3 Å². The Morgan fingerprint density at radius 3 is 1.53 bits per heavy atom. The molecule has 0 saturated heterocycles. The number of aromatic nitrogens is 8. The molecular weight excluding hydrogens is 673 g/mol. The average molecular weight is 699 g/mol. The molecule has 0 aliphatic heterocycles. The van der Waals surface area contributed by atoms with Gasteiger partial charge in [-0.2, -0.15) is 0 Å². The standard InChI is InChI=1S/C44H26N8S/c1-3-11-27(12-4-1)28-21-23-30(24-22-28)42-47-41(29-13-5-2-6-14-29)48-43(49-42)34-18-10-16-32(26-34)31-15-9-17-33(25-31)37-40-38(51-52-50-37)39-44(53-40)46-36-20-8-7-19-35(36)45-39/h1-26H. The minimum Gasteiger partial charge on any atom is -0.241 e. The first kappa shape index (κ1) is 30.7. The van der Waals surface area contributed by atoms with Crippen molar-refractivity contribution in [2.24, 2.45) is 0 Å². The Bertz CT molecular complexity index is 2950. The molecule has 0 aliphatic carbocycles. The molecule has 0 bridgehead atoms. The fourth-order valence-corrected chi connectivity index (χ4v) is 7.60. The average Bonchev–Trinajstić information content (AvgIpc) is 3.61. The highest BCUT2D eigenvalue weighted by molar-refractivity contribution is 7.25. The van der Waals surface area contributed by atoms with Crippen molar-refractivity contribution in [1.82, 2.24) is 40.3 Å². The predicted molar refractivity (Wildman–Crippen MR) is 212 cm³/mol. The summed E-state index contributed by atoms with van der Waals surface area (Å²) in [6.07, 6.45) is 0. The summed E-state index contributed by atoms with van der Waals surface area (Å²) in [4.78, 5) is 25.5. The summed E-state index contributed by atoms with van der Waals surface area (Å²) in [6, 6.07) is 53.2. The van der Waals surface area contributed by atoms with Gasteiger partial charge >= 0.3 is 0 Å². The quantitative estimate of drug-likeness (QED) is 0.169. The van der Waals surface area contributed by atoms with E-state index >= 15 is 0 Å². The van der Waals surface area contributed by atoms with Crippen LogP contribution < -0.4 is 0 Å². The molecule has 0 unspecified atom stereocenters. The molecule has 0 saturated carbocycles. The second-order valence-corrected chi connectivity index (χ2v) is 13.6. The Labute approximate surface area is 307 Å². The SMILES string of the molecule is c1ccc(-c2ccc(-c3nc(-c4ccccc4)nc(-c4cccc(-c5cccc(-c6nnnc7c6sc6nc8ccccc8nc67)c5)c4)n3)cc2)cc1. The van der Waals surface area contributed by atoms with Gasteiger partial charge in [0.25, 0.3) is 0 Å². The number of nitrogens with zero attached hydrogens (tertiary/aromatic N) is 8. The third-order valence-electron chi connectivity index (χ3n) is 9.19. The van der Waals surface area contributed by atoms with E-state index in [9.17, 15) is 0 Å². The van der Waals surface area contributed by atoms with Gasteiger partial charge < -0.3 is 0 Å². The van der Waals surface area contributed by atoms with Gasteiger partial charge in [-0.1, -0.05) is 133 Å². The Morgan fingerprint density at radius 2 is 0.830 bits per heavy atom. The van der Waals surface area contributed by atoms with Crippen LogP contribution in [0.3, 0.4) is 0 Å². The molecule has 8 nitrogen and oxygen atoms in total. The van der Waals surface area contributed by atoms with E-state index in [4.69, 9.17) is 24.9 Å². The molecule has 0 spiro atoms. The zero-order valence-corrected chi connectivity index (χ0v) is 28.8. The van der Waals surface area contributed by atoms with Gasteiger partial charge in [-0.3, -0.25) is 0 Å². The summed E-state index contributed by atoms with van der Waals surface area (Å²) in [7, 11) is 0. The van der Waals surface area contributed by atoms with E-state index in [0.717, 1.165) is 76.3 Å². The van der Waals surface area contributed by atoms with Crippen LogP contribution in [0.1, 0.15) is 0 Å². The fourth-order valence-electron chi connectivity index (χ4n) is 6.54. The summed E-state index contributed by atoms with van der Waals surface area (Å²) < 4.78 is 0.902.